The summed E-state index contributed by atoms with van der Waals surface area (Å²) in [4.78, 5) is 10.3. The molecule has 0 spiro atoms. The van der Waals surface area contributed by atoms with E-state index in [1.54, 1.807) is 6.08 Å². The van der Waals surface area contributed by atoms with Crippen LogP contribution in [0.4, 0.5) is 0 Å². The Balaban J connectivity index is 3.65. The summed E-state index contributed by atoms with van der Waals surface area (Å²) in [5.74, 6) is -0.479. The van der Waals surface area contributed by atoms with Gasteiger partial charge in [0.2, 0.25) is 5.91 Å². The molecular weight excluding hydrogens is 116 g/mol. The highest BCUT2D eigenvalue weighted by Crippen LogP contribution is 1.95. The summed E-state index contributed by atoms with van der Waals surface area (Å²) in [6.07, 6.45) is 3.41. The quantitative estimate of drug-likeness (QED) is 0.518. The van der Waals surface area contributed by atoms with Gasteiger partial charge in [-0.25, -0.2) is 0 Å². The monoisotopic (exact) mass is 126 g/mol. The van der Waals surface area contributed by atoms with Crippen LogP contribution in [-0.2, 0) is 4.79 Å². The fourth-order valence-corrected chi connectivity index (χ4v) is 0.311. The number of carbonyl (C=O) groups is 1. The van der Waals surface area contributed by atoms with Gasteiger partial charge in [-0.3, -0.25) is 4.79 Å². The van der Waals surface area contributed by atoms with Crippen LogP contribution in [0.2, 0.25) is 0 Å². The van der Waals surface area contributed by atoms with Gasteiger partial charge in [0.15, 0.2) is 0 Å². The smallest absolute Gasteiger partial charge is 0.244 e. The standard InChI is InChI=1S/C6H10N2O/c1-5(6(8)9)3-2-4-7/h2,4H,1,3,7H2,(H2,8,9). The van der Waals surface area contributed by atoms with Gasteiger partial charge in [-0.15, -0.1) is 0 Å². The van der Waals surface area contributed by atoms with Crippen LogP contribution in [0.5, 0.6) is 0 Å². The van der Waals surface area contributed by atoms with Gasteiger partial charge in [-0.2, -0.15) is 0 Å². The normalized spacial score (nSPS) is 9.78. The minimum absolute atomic E-state index is 0.372. The van der Waals surface area contributed by atoms with Crippen molar-refractivity contribution in [2.45, 2.75) is 6.42 Å². The van der Waals surface area contributed by atoms with Crippen molar-refractivity contribution in [1.29, 1.82) is 0 Å². The molecule has 3 nitrogen and oxygen atoms in total. The first-order valence-corrected chi connectivity index (χ1v) is 2.52. The van der Waals surface area contributed by atoms with Crippen LogP contribution in [0, 0.1) is 0 Å². The van der Waals surface area contributed by atoms with E-state index in [2.05, 4.69) is 6.58 Å². The molecule has 3 heteroatoms. The van der Waals surface area contributed by atoms with E-state index in [0.29, 0.717) is 12.0 Å². The molecule has 0 saturated heterocycles. The number of amides is 1. The van der Waals surface area contributed by atoms with Gasteiger partial charge in [0.1, 0.15) is 0 Å². The third-order valence-electron chi connectivity index (χ3n) is 0.849. The van der Waals surface area contributed by atoms with Gasteiger partial charge in [0.25, 0.3) is 0 Å². The lowest BCUT2D eigenvalue weighted by Crippen LogP contribution is -2.12. The zero-order valence-electron chi connectivity index (χ0n) is 5.13. The molecule has 0 aromatic rings. The fourth-order valence-electron chi connectivity index (χ4n) is 0.311. The molecule has 0 unspecified atom stereocenters. The van der Waals surface area contributed by atoms with E-state index in [9.17, 15) is 4.79 Å². The number of primary amides is 1. The van der Waals surface area contributed by atoms with Crippen LogP contribution in [0.25, 0.3) is 0 Å². The summed E-state index contributed by atoms with van der Waals surface area (Å²) in [5, 5.41) is 0. The summed E-state index contributed by atoms with van der Waals surface area (Å²) in [5.41, 5.74) is 10.2. The molecule has 50 valence electrons. The Morgan fingerprint density at radius 2 is 2.22 bits per heavy atom. The Bertz CT molecular complexity index is 149. The Labute approximate surface area is 54.0 Å². The van der Waals surface area contributed by atoms with E-state index in [1.165, 1.54) is 6.20 Å². The second kappa shape index (κ2) is 3.72. The second-order valence-corrected chi connectivity index (χ2v) is 1.60. The van der Waals surface area contributed by atoms with Crippen molar-refractivity contribution in [1.82, 2.24) is 0 Å². The lowest BCUT2D eigenvalue weighted by Gasteiger charge is -1.91. The average molecular weight is 126 g/mol. The molecule has 0 fully saturated rings. The summed E-state index contributed by atoms with van der Waals surface area (Å²) >= 11 is 0. The molecule has 0 rings (SSSR count). The van der Waals surface area contributed by atoms with Crippen LogP contribution >= 0.6 is 0 Å². The summed E-state index contributed by atoms with van der Waals surface area (Å²) in [6.45, 7) is 3.41. The van der Waals surface area contributed by atoms with Gasteiger partial charge in [0, 0.05) is 5.57 Å². The molecule has 0 aromatic heterocycles. The molecule has 4 N–H and O–H groups in total. The number of rotatable bonds is 3. The van der Waals surface area contributed by atoms with E-state index in [1.807, 2.05) is 0 Å². The first kappa shape index (κ1) is 7.75. The van der Waals surface area contributed by atoms with Crippen LogP contribution in [0.1, 0.15) is 6.42 Å². The van der Waals surface area contributed by atoms with Crippen molar-refractivity contribution in [3.8, 4) is 0 Å². The summed E-state index contributed by atoms with van der Waals surface area (Å²) in [6, 6.07) is 0. The zero-order chi connectivity index (χ0) is 7.28. The van der Waals surface area contributed by atoms with E-state index < -0.39 is 5.91 Å². The zero-order valence-corrected chi connectivity index (χ0v) is 5.13. The van der Waals surface area contributed by atoms with Crippen molar-refractivity contribution in [2.24, 2.45) is 11.5 Å². The van der Waals surface area contributed by atoms with Crippen molar-refractivity contribution in [3.63, 3.8) is 0 Å². The molecule has 0 aromatic carbocycles. The molecule has 0 heterocycles. The van der Waals surface area contributed by atoms with Crippen LogP contribution in [-0.4, -0.2) is 5.91 Å². The SMILES string of the molecule is C=C(CC=CN)C(N)=O. The first-order valence-electron chi connectivity index (χ1n) is 2.52. The molecule has 0 radical (unpaired) electrons. The maximum absolute atomic E-state index is 10.3. The van der Waals surface area contributed by atoms with E-state index in [4.69, 9.17) is 11.5 Å². The number of allylic oxidation sites excluding steroid dienone is 1. The predicted molar refractivity (Wildman–Crippen MR) is 36.3 cm³/mol. The lowest BCUT2D eigenvalue weighted by molar-refractivity contribution is -0.114. The largest absolute Gasteiger partial charge is 0.405 e. The van der Waals surface area contributed by atoms with Crippen LogP contribution < -0.4 is 11.5 Å². The second-order valence-electron chi connectivity index (χ2n) is 1.60. The fraction of sp³-hybridized carbons (Fsp3) is 0.167. The van der Waals surface area contributed by atoms with E-state index in [-0.39, 0.29) is 0 Å². The van der Waals surface area contributed by atoms with Crippen molar-refractivity contribution in [3.05, 3.63) is 24.4 Å². The molecule has 0 aliphatic heterocycles. The van der Waals surface area contributed by atoms with Gasteiger partial charge in [0.05, 0.1) is 0 Å². The summed E-state index contributed by atoms with van der Waals surface area (Å²) < 4.78 is 0. The maximum Gasteiger partial charge on any atom is 0.244 e. The third kappa shape index (κ3) is 3.34. The molecular formula is C6H10N2O. The van der Waals surface area contributed by atoms with Crippen molar-refractivity contribution in [2.75, 3.05) is 0 Å². The van der Waals surface area contributed by atoms with Crippen molar-refractivity contribution >= 4 is 5.91 Å². The number of nitrogens with two attached hydrogens (primary N) is 2. The van der Waals surface area contributed by atoms with Gasteiger partial charge in [-0.1, -0.05) is 12.7 Å². The molecule has 0 aliphatic rings. The summed E-state index contributed by atoms with van der Waals surface area (Å²) in [7, 11) is 0. The molecule has 0 aliphatic carbocycles. The lowest BCUT2D eigenvalue weighted by atomic mass is 10.2. The van der Waals surface area contributed by atoms with E-state index in [0.717, 1.165) is 0 Å². The third-order valence-corrected chi connectivity index (χ3v) is 0.849. The van der Waals surface area contributed by atoms with Gasteiger partial charge < -0.3 is 11.5 Å². The average Bonchev–Trinajstić information content (AvgIpc) is 1.82. The minimum Gasteiger partial charge on any atom is -0.405 e. The highest BCUT2D eigenvalue weighted by Gasteiger charge is 1.95. The Morgan fingerprint density at radius 1 is 1.67 bits per heavy atom. The highest BCUT2D eigenvalue weighted by molar-refractivity contribution is 5.91. The van der Waals surface area contributed by atoms with Gasteiger partial charge >= 0.3 is 0 Å². The van der Waals surface area contributed by atoms with Gasteiger partial charge in [-0.05, 0) is 12.6 Å². The minimum atomic E-state index is -0.479. The Morgan fingerprint density at radius 3 is 2.56 bits per heavy atom. The Hall–Kier alpha value is -1.25. The molecule has 1 amide bonds. The number of hydrogen-bond donors (Lipinski definition) is 2. The topological polar surface area (TPSA) is 69.1 Å². The van der Waals surface area contributed by atoms with Crippen molar-refractivity contribution < 1.29 is 4.79 Å². The molecule has 0 saturated carbocycles. The van der Waals surface area contributed by atoms with Crippen LogP contribution in [0.15, 0.2) is 24.4 Å². The first-order chi connectivity index (χ1) is 4.18. The molecule has 0 bridgehead atoms. The number of hydrogen-bond acceptors (Lipinski definition) is 2. The highest BCUT2D eigenvalue weighted by atomic mass is 16.1. The van der Waals surface area contributed by atoms with E-state index >= 15 is 0 Å². The number of carbonyl (C=O) groups excluding carboxylic acids is 1. The Kier molecular flexibility index (Phi) is 3.20. The maximum atomic E-state index is 10.3. The molecule has 0 atom stereocenters. The van der Waals surface area contributed by atoms with Crippen LogP contribution in [0.3, 0.4) is 0 Å². The predicted octanol–water partition coefficient (Wildman–Crippen LogP) is -0.110. The molecule has 9 heavy (non-hydrogen) atoms.